The molecule has 0 spiro atoms. The fraction of sp³-hybridized carbons (Fsp3) is 0.273. The molecule has 0 aromatic rings. The van der Waals surface area contributed by atoms with Crippen LogP contribution in [0.25, 0.3) is 0 Å². The van der Waals surface area contributed by atoms with Crippen LogP contribution in [0.15, 0.2) is 49.0 Å². The Labute approximate surface area is 80.1 Å². The minimum atomic E-state index is 0.876. The molecule has 1 rings (SSSR count). The summed E-state index contributed by atoms with van der Waals surface area (Å²) >= 11 is 0. The molecule has 2 nitrogen and oxygen atoms in total. The minimum absolute atomic E-state index is 0.876. The van der Waals surface area contributed by atoms with Crippen LogP contribution in [-0.2, 0) is 0 Å². The summed E-state index contributed by atoms with van der Waals surface area (Å²) in [6, 6.07) is 0. The molecule has 0 amide bonds. The van der Waals surface area contributed by atoms with Crippen LogP contribution in [0.3, 0.4) is 0 Å². The highest BCUT2D eigenvalue weighted by atomic mass is 15.6. The third kappa shape index (κ3) is 1.83. The fourth-order valence-corrected chi connectivity index (χ4v) is 1.29. The van der Waals surface area contributed by atoms with Gasteiger partial charge in [0.1, 0.15) is 0 Å². The molecular formula is C11H16N2. The zero-order valence-corrected chi connectivity index (χ0v) is 8.33. The predicted molar refractivity (Wildman–Crippen MR) is 56.5 cm³/mol. The molecule has 2 heteroatoms. The van der Waals surface area contributed by atoms with Crippen molar-refractivity contribution in [1.29, 1.82) is 0 Å². The van der Waals surface area contributed by atoms with Gasteiger partial charge in [-0.05, 0) is 19.4 Å². The van der Waals surface area contributed by atoms with Gasteiger partial charge in [-0.3, -0.25) is 10.0 Å². The summed E-state index contributed by atoms with van der Waals surface area (Å²) in [6.07, 6.45) is 7.94. The average molecular weight is 176 g/mol. The Morgan fingerprint density at radius 3 is 2.77 bits per heavy atom. The van der Waals surface area contributed by atoms with Crippen LogP contribution in [0.1, 0.15) is 13.8 Å². The first-order valence-corrected chi connectivity index (χ1v) is 4.38. The molecule has 0 saturated heterocycles. The Morgan fingerprint density at radius 2 is 2.23 bits per heavy atom. The van der Waals surface area contributed by atoms with Crippen molar-refractivity contribution in [2.24, 2.45) is 0 Å². The molecule has 1 aliphatic rings. The number of hydrogen-bond donors (Lipinski definition) is 0. The Morgan fingerprint density at radius 1 is 1.54 bits per heavy atom. The van der Waals surface area contributed by atoms with Gasteiger partial charge >= 0.3 is 0 Å². The Hall–Kier alpha value is -1.44. The number of nitrogens with zero attached hydrogens (tertiary/aromatic N) is 2. The van der Waals surface area contributed by atoms with Crippen LogP contribution in [0.2, 0.25) is 0 Å². The third-order valence-corrected chi connectivity index (χ3v) is 2.09. The lowest BCUT2D eigenvalue weighted by Crippen LogP contribution is -2.37. The zero-order chi connectivity index (χ0) is 9.84. The van der Waals surface area contributed by atoms with Crippen molar-refractivity contribution in [1.82, 2.24) is 10.0 Å². The molecule has 1 heterocycles. The molecule has 0 fully saturated rings. The summed E-state index contributed by atoms with van der Waals surface area (Å²) in [4.78, 5) is 0. The smallest absolute Gasteiger partial charge is 0.0580 e. The third-order valence-electron chi connectivity index (χ3n) is 2.09. The lowest BCUT2D eigenvalue weighted by Gasteiger charge is -2.37. The van der Waals surface area contributed by atoms with Crippen molar-refractivity contribution in [2.45, 2.75) is 13.8 Å². The SMILES string of the molecule is C=CN1C(=C)C(C)=CCN1/C=C\C. The van der Waals surface area contributed by atoms with E-state index in [0.29, 0.717) is 0 Å². The summed E-state index contributed by atoms with van der Waals surface area (Å²) in [6.45, 7) is 12.7. The van der Waals surface area contributed by atoms with E-state index in [2.05, 4.69) is 31.2 Å². The van der Waals surface area contributed by atoms with Gasteiger partial charge in [0.25, 0.3) is 0 Å². The molecule has 0 radical (unpaired) electrons. The van der Waals surface area contributed by atoms with Crippen molar-refractivity contribution in [2.75, 3.05) is 6.54 Å². The summed E-state index contributed by atoms with van der Waals surface area (Å²) in [5, 5.41) is 4.01. The van der Waals surface area contributed by atoms with Crippen molar-refractivity contribution < 1.29 is 0 Å². The number of hydrogen-bond acceptors (Lipinski definition) is 2. The highest BCUT2D eigenvalue weighted by Crippen LogP contribution is 2.21. The molecule has 0 unspecified atom stereocenters. The van der Waals surface area contributed by atoms with E-state index in [1.807, 2.05) is 24.2 Å². The van der Waals surface area contributed by atoms with E-state index in [4.69, 9.17) is 0 Å². The molecule has 0 aromatic heterocycles. The molecule has 0 aliphatic carbocycles. The van der Waals surface area contributed by atoms with Gasteiger partial charge in [0.2, 0.25) is 0 Å². The van der Waals surface area contributed by atoms with E-state index in [1.54, 1.807) is 6.20 Å². The lowest BCUT2D eigenvalue weighted by molar-refractivity contribution is 0.128. The maximum absolute atomic E-state index is 3.99. The molecule has 70 valence electrons. The van der Waals surface area contributed by atoms with Crippen LogP contribution in [0.4, 0.5) is 0 Å². The van der Waals surface area contributed by atoms with E-state index >= 15 is 0 Å². The van der Waals surface area contributed by atoms with Crippen molar-refractivity contribution in [3.05, 3.63) is 49.0 Å². The van der Waals surface area contributed by atoms with Crippen LogP contribution < -0.4 is 0 Å². The topological polar surface area (TPSA) is 6.48 Å². The van der Waals surface area contributed by atoms with Crippen LogP contribution >= 0.6 is 0 Å². The second kappa shape index (κ2) is 3.99. The Kier molecular flexibility index (Phi) is 2.96. The summed E-state index contributed by atoms with van der Waals surface area (Å²) in [5.74, 6) is 0. The van der Waals surface area contributed by atoms with Gasteiger partial charge in [0, 0.05) is 12.4 Å². The molecule has 0 N–H and O–H groups in total. The molecule has 13 heavy (non-hydrogen) atoms. The van der Waals surface area contributed by atoms with E-state index < -0.39 is 0 Å². The molecule has 0 bridgehead atoms. The molecule has 0 saturated carbocycles. The Balaban J connectivity index is 2.90. The van der Waals surface area contributed by atoms with Gasteiger partial charge in [0.05, 0.1) is 12.2 Å². The second-order valence-electron chi connectivity index (χ2n) is 2.97. The first kappa shape index (κ1) is 9.65. The van der Waals surface area contributed by atoms with Crippen molar-refractivity contribution in [3.8, 4) is 0 Å². The van der Waals surface area contributed by atoms with E-state index in [9.17, 15) is 0 Å². The molecular weight excluding hydrogens is 160 g/mol. The van der Waals surface area contributed by atoms with Gasteiger partial charge in [-0.1, -0.05) is 25.3 Å². The van der Waals surface area contributed by atoms with Gasteiger partial charge in [-0.15, -0.1) is 0 Å². The maximum atomic E-state index is 3.99. The lowest BCUT2D eigenvalue weighted by atomic mass is 10.2. The zero-order valence-electron chi connectivity index (χ0n) is 8.33. The first-order valence-electron chi connectivity index (χ1n) is 4.38. The summed E-state index contributed by atoms with van der Waals surface area (Å²) < 4.78 is 0. The van der Waals surface area contributed by atoms with E-state index in [1.165, 1.54) is 5.57 Å². The minimum Gasteiger partial charge on any atom is -0.285 e. The van der Waals surface area contributed by atoms with Crippen LogP contribution in [0, 0.1) is 0 Å². The largest absolute Gasteiger partial charge is 0.285 e. The van der Waals surface area contributed by atoms with Gasteiger partial charge in [-0.25, -0.2) is 0 Å². The maximum Gasteiger partial charge on any atom is 0.0580 e. The van der Waals surface area contributed by atoms with Crippen molar-refractivity contribution >= 4 is 0 Å². The highest BCUT2D eigenvalue weighted by Gasteiger charge is 2.15. The fourth-order valence-electron chi connectivity index (χ4n) is 1.29. The summed E-state index contributed by atoms with van der Waals surface area (Å²) in [7, 11) is 0. The number of hydrazine groups is 1. The number of rotatable bonds is 2. The number of allylic oxidation sites excluding steroid dienone is 2. The Bertz CT molecular complexity index is 274. The summed E-state index contributed by atoms with van der Waals surface area (Å²) in [5.41, 5.74) is 2.19. The molecule has 0 aromatic carbocycles. The molecule has 0 atom stereocenters. The van der Waals surface area contributed by atoms with Gasteiger partial charge in [-0.2, -0.15) is 0 Å². The predicted octanol–water partition coefficient (Wildman–Crippen LogP) is 2.66. The molecule has 1 aliphatic heterocycles. The standard InChI is InChI=1S/C11H16N2/c1-5-8-12-9-7-10(3)11(4)13(12)6-2/h5-8H,2,4,9H2,1,3H3/b8-5-. The second-order valence-corrected chi connectivity index (χ2v) is 2.97. The van der Waals surface area contributed by atoms with Gasteiger partial charge < -0.3 is 0 Å². The first-order chi connectivity index (χ1) is 6.20. The van der Waals surface area contributed by atoms with Gasteiger partial charge in [0.15, 0.2) is 0 Å². The van der Waals surface area contributed by atoms with Crippen LogP contribution in [0.5, 0.6) is 0 Å². The quantitative estimate of drug-likeness (QED) is 0.638. The van der Waals surface area contributed by atoms with Crippen LogP contribution in [-0.4, -0.2) is 16.6 Å². The van der Waals surface area contributed by atoms with Crippen molar-refractivity contribution in [3.63, 3.8) is 0 Å². The average Bonchev–Trinajstić information content (AvgIpc) is 2.12. The van der Waals surface area contributed by atoms with E-state index in [-0.39, 0.29) is 0 Å². The monoisotopic (exact) mass is 176 g/mol. The normalized spacial score (nSPS) is 18.0. The highest BCUT2D eigenvalue weighted by molar-refractivity contribution is 5.29. The van der Waals surface area contributed by atoms with E-state index in [0.717, 1.165) is 12.2 Å².